The molecule has 0 radical (unpaired) electrons. The van der Waals surface area contributed by atoms with E-state index in [2.05, 4.69) is 23.5 Å². The number of fused-ring (bicyclic) bond motifs is 1. The van der Waals surface area contributed by atoms with Crippen LogP contribution in [0.15, 0.2) is 23.1 Å². The molecule has 0 saturated heterocycles. The highest BCUT2D eigenvalue weighted by molar-refractivity contribution is 7.99. The Hall–Kier alpha value is -1.00. The predicted octanol–water partition coefficient (Wildman–Crippen LogP) is 2.33. The molecule has 2 rings (SSSR count). The summed E-state index contributed by atoms with van der Waals surface area (Å²) in [5, 5.41) is 11.8. The quantitative estimate of drug-likeness (QED) is 0.858. The molecule has 18 heavy (non-hydrogen) atoms. The van der Waals surface area contributed by atoms with E-state index >= 15 is 0 Å². The zero-order chi connectivity index (χ0) is 13.0. The normalized spacial score (nSPS) is 16.1. The maximum Gasteiger partial charge on any atom is 0.320 e. The van der Waals surface area contributed by atoms with Gasteiger partial charge in [0.05, 0.1) is 0 Å². The Morgan fingerprint density at radius 1 is 1.56 bits per heavy atom. The number of carbonyl (C=O) groups is 1. The molecule has 3 nitrogen and oxygen atoms in total. The van der Waals surface area contributed by atoms with E-state index in [0.717, 1.165) is 12.8 Å². The summed E-state index contributed by atoms with van der Waals surface area (Å²) in [7, 11) is 1.70. The summed E-state index contributed by atoms with van der Waals surface area (Å²) in [6, 6.07) is 6.11. The van der Waals surface area contributed by atoms with E-state index in [1.165, 1.54) is 28.2 Å². The molecule has 4 heteroatoms. The Morgan fingerprint density at radius 3 is 3.11 bits per heavy atom. The second-order valence-electron chi connectivity index (χ2n) is 4.61. The van der Waals surface area contributed by atoms with Crippen molar-refractivity contribution in [2.75, 3.05) is 12.8 Å². The summed E-state index contributed by atoms with van der Waals surface area (Å²) in [5.41, 5.74) is 2.68. The Morgan fingerprint density at radius 2 is 2.39 bits per heavy atom. The minimum Gasteiger partial charge on any atom is -0.480 e. The molecule has 1 heterocycles. The molecule has 2 N–H and O–H groups in total. The lowest BCUT2D eigenvalue weighted by molar-refractivity contribution is -0.139. The van der Waals surface area contributed by atoms with E-state index < -0.39 is 12.0 Å². The highest BCUT2D eigenvalue weighted by atomic mass is 32.2. The van der Waals surface area contributed by atoms with Crippen LogP contribution >= 0.6 is 11.8 Å². The van der Waals surface area contributed by atoms with Crippen LogP contribution in [0, 0.1) is 0 Å². The van der Waals surface area contributed by atoms with Crippen molar-refractivity contribution in [1.82, 2.24) is 5.32 Å². The van der Waals surface area contributed by atoms with Gasteiger partial charge < -0.3 is 10.4 Å². The minimum absolute atomic E-state index is 0.449. The maximum atomic E-state index is 10.9. The van der Waals surface area contributed by atoms with E-state index in [-0.39, 0.29) is 0 Å². The van der Waals surface area contributed by atoms with Crippen LogP contribution < -0.4 is 5.32 Å². The van der Waals surface area contributed by atoms with Crippen LogP contribution in [0.25, 0.3) is 0 Å². The van der Waals surface area contributed by atoms with Crippen LogP contribution in [0.5, 0.6) is 0 Å². The molecule has 1 aromatic rings. The van der Waals surface area contributed by atoms with Crippen LogP contribution in [0.2, 0.25) is 0 Å². The molecular formula is C14H19NO2S. The first kappa shape index (κ1) is 13.4. The predicted molar refractivity (Wildman–Crippen MR) is 74.3 cm³/mol. The van der Waals surface area contributed by atoms with Gasteiger partial charge in [0.25, 0.3) is 0 Å². The van der Waals surface area contributed by atoms with Crippen molar-refractivity contribution in [2.45, 2.75) is 36.6 Å². The summed E-state index contributed by atoms with van der Waals surface area (Å²) in [6.07, 6.45) is 3.85. The van der Waals surface area contributed by atoms with Gasteiger partial charge in [-0.3, -0.25) is 4.79 Å². The second kappa shape index (κ2) is 6.25. The van der Waals surface area contributed by atoms with Crippen LogP contribution in [0.4, 0.5) is 0 Å². The summed E-state index contributed by atoms with van der Waals surface area (Å²) < 4.78 is 0. The molecule has 0 aliphatic carbocycles. The number of nitrogens with one attached hydrogen (secondary N) is 1. The number of carboxylic acids is 1. The third kappa shape index (κ3) is 3.27. The van der Waals surface area contributed by atoms with Gasteiger partial charge in [-0.2, -0.15) is 0 Å². The summed E-state index contributed by atoms with van der Waals surface area (Å²) in [5.74, 6) is 0.443. The topological polar surface area (TPSA) is 49.3 Å². The second-order valence-corrected chi connectivity index (χ2v) is 5.75. The molecule has 98 valence electrons. The van der Waals surface area contributed by atoms with Gasteiger partial charge in [-0.15, -0.1) is 11.8 Å². The fourth-order valence-electron chi connectivity index (χ4n) is 2.27. The summed E-state index contributed by atoms with van der Waals surface area (Å²) in [4.78, 5) is 12.3. The van der Waals surface area contributed by atoms with Gasteiger partial charge in [-0.05, 0) is 55.7 Å². The fourth-order valence-corrected chi connectivity index (χ4v) is 3.29. The Kier molecular flexibility index (Phi) is 4.66. The van der Waals surface area contributed by atoms with E-state index in [4.69, 9.17) is 5.11 Å². The van der Waals surface area contributed by atoms with Gasteiger partial charge in [0.15, 0.2) is 0 Å². The zero-order valence-corrected chi connectivity index (χ0v) is 11.4. The average Bonchev–Trinajstić information content (AvgIpc) is 2.39. The number of benzene rings is 1. The first-order chi connectivity index (χ1) is 8.70. The molecule has 0 amide bonds. The molecular weight excluding hydrogens is 246 g/mol. The summed E-state index contributed by atoms with van der Waals surface area (Å²) in [6.45, 7) is 0. The van der Waals surface area contributed by atoms with Gasteiger partial charge in [0.2, 0.25) is 0 Å². The van der Waals surface area contributed by atoms with Crippen molar-refractivity contribution in [3.05, 3.63) is 29.3 Å². The number of hydrogen-bond donors (Lipinski definition) is 2. The van der Waals surface area contributed by atoms with Gasteiger partial charge in [-0.25, -0.2) is 0 Å². The molecule has 1 unspecified atom stereocenters. The molecule has 0 fully saturated rings. The number of thioether (sulfide) groups is 1. The fraction of sp³-hybridized carbons (Fsp3) is 0.500. The van der Waals surface area contributed by atoms with E-state index in [9.17, 15) is 4.79 Å². The molecule has 0 saturated carbocycles. The van der Waals surface area contributed by atoms with Crippen LogP contribution in [-0.2, 0) is 17.6 Å². The van der Waals surface area contributed by atoms with Crippen molar-refractivity contribution < 1.29 is 9.90 Å². The monoisotopic (exact) mass is 265 g/mol. The lowest BCUT2D eigenvalue weighted by atomic mass is 10.0. The van der Waals surface area contributed by atoms with Crippen molar-refractivity contribution in [3.8, 4) is 0 Å². The first-order valence-electron chi connectivity index (χ1n) is 6.35. The molecule has 0 bridgehead atoms. The van der Waals surface area contributed by atoms with E-state index in [0.29, 0.717) is 6.42 Å². The smallest absolute Gasteiger partial charge is 0.320 e. The van der Waals surface area contributed by atoms with Crippen molar-refractivity contribution >= 4 is 17.7 Å². The summed E-state index contributed by atoms with van der Waals surface area (Å²) >= 11 is 1.92. The Labute approximate surface area is 112 Å². The Bertz CT molecular complexity index is 434. The third-order valence-corrected chi connectivity index (χ3v) is 4.54. The Balaban J connectivity index is 1.99. The van der Waals surface area contributed by atoms with Gasteiger partial charge in [0, 0.05) is 4.90 Å². The first-order valence-corrected chi connectivity index (χ1v) is 7.34. The van der Waals surface area contributed by atoms with Crippen LogP contribution in [0.1, 0.15) is 24.0 Å². The molecule has 1 aromatic carbocycles. The number of hydrogen-bond acceptors (Lipinski definition) is 3. The highest BCUT2D eigenvalue weighted by Gasteiger charge is 2.15. The lowest BCUT2D eigenvalue weighted by Gasteiger charge is -2.17. The minimum atomic E-state index is -0.772. The molecule has 1 atom stereocenters. The van der Waals surface area contributed by atoms with Gasteiger partial charge in [-0.1, -0.05) is 12.1 Å². The maximum absolute atomic E-state index is 10.9. The van der Waals surface area contributed by atoms with E-state index in [1.54, 1.807) is 7.05 Å². The zero-order valence-electron chi connectivity index (χ0n) is 10.6. The number of rotatable bonds is 5. The molecule has 0 spiro atoms. The number of aliphatic carboxylic acids is 1. The SMILES string of the molecule is CNC(CCc1ccc2c(c1)CCCS2)C(=O)O. The van der Waals surface area contributed by atoms with Crippen molar-refractivity contribution in [3.63, 3.8) is 0 Å². The standard InChI is InChI=1S/C14H19NO2S/c1-15-12(14(16)17)6-4-10-5-7-13-11(9-10)3-2-8-18-13/h5,7,9,12,15H,2-4,6,8H2,1H3,(H,16,17). The molecule has 0 aromatic heterocycles. The number of carboxylic acid groups (broad SMARTS) is 1. The highest BCUT2D eigenvalue weighted by Crippen LogP contribution is 2.30. The van der Waals surface area contributed by atoms with Crippen molar-refractivity contribution in [2.24, 2.45) is 0 Å². The van der Waals surface area contributed by atoms with Gasteiger partial charge >= 0.3 is 5.97 Å². The largest absolute Gasteiger partial charge is 0.480 e. The number of likely N-dealkylation sites (N-methyl/N-ethyl adjacent to an activating group) is 1. The lowest BCUT2D eigenvalue weighted by Crippen LogP contribution is -2.34. The van der Waals surface area contributed by atoms with Crippen molar-refractivity contribution in [1.29, 1.82) is 0 Å². The number of aryl methyl sites for hydroxylation is 2. The molecule has 1 aliphatic heterocycles. The van der Waals surface area contributed by atoms with E-state index in [1.807, 2.05) is 11.8 Å². The van der Waals surface area contributed by atoms with Crippen LogP contribution in [0.3, 0.4) is 0 Å². The third-order valence-electron chi connectivity index (χ3n) is 3.34. The van der Waals surface area contributed by atoms with Gasteiger partial charge in [0.1, 0.15) is 6.04 Å². The molecule has 1 aliphatic rings. The van der Waals surface area contributed by atoms with Crippen LogP contribution in [-0.4, -0.2) is 29.9 Å². The average molecular weight is 265 g/mol.